The molecule has 1 spiro atoms. The fraction of sp³-hybridized carbons (Fsp3) is 0.667. The van der Waals surface area contributed by atoms with Gasteiger partial charge in [-0.05, 0) is 45.2 Å². The zero-order valence-corrected chi connectivity index (χ0v) is 15.8. The van der Waals surface area contributed by atoms with Gasteiger partial charge in [0.2, 0.25) is 0 Å². The number of halogens is 3. The lowest BCUT2D eigenvalue weighted by Gasteiger charge is -2.38. The molecule has 2 N–H and O–H groups in total. The van der Waals surface area contributed by atoms with Crippen LogP contribution in [0.5, 0.6) is 0 Å². The zero-order chi connectivity index (χ0) is 20.9. The topological polar surface area (TPSA) is 92.0 Å². The number of nitrogens with zero attached hydrogens (tertiary/aromatic N) is 1. The number of carboxylic acids is 1. The highest BCUT2D eigenvalue weighted by Gasteiger charge is 2.44. The Morgan fingerprint density at radius 1 is 1.39 bits per heavy atom. The Morgan fingerprint density at radius 2 is 2.07 bits per heavy atom. The molecule has 28 heavy (non-hydrogen) atoms. The van der Waals surface area contributed by atoms with Crippen molar-refractivity contribution in [2.75, 3.05) is 19.7 Å². The van der Waals surface area contributed by atoms with Gasteiger partial charge in [-0.3, -0.25) is 9.69 Å². The van der Waals surface area contributed by atoms with Gasteiger partial charge in [0.05, 0.1) is 11.9 Å². The van der Waals surface area contributed by atoms with Crippen LogP contribution < -0.4 is 5.32 Å². The number of carbonyl (C=O) groups is 2. The fourth-order valence-corrected chi connectivity index (χ4v) is 3.42. The number of hydrogen-bond donors (Lipinski definition) is 2. The fourth-order valence-electron chi connectivity index (χ4n) is 3.42. The van der Waals surface area contributed by atoms with Gasteiger partial charge >= 0.3 is 12.1 Å². The number of rotatable bonds is 3. The number of aliphatic carboxylic acids is 1. The molecule has 2 saturated heterocycles. The Labute approximate surface area is 160 Å². The Bertz CT molecular complexity index is 663. The number of ether oxygens (including phenoxy) is 1. The summed E-state index contributed by atoms with van der Waals surface area (Å²) in [5, 5.41) is 10.2. The molecule has 0 aliphatic carbocycles. The van der Waals surface area contributed by atoms with Crippen LogP contribution in [0.25, 0.3) is 0 Å². The van der Waals surface area contributed by atoms with Crippen molar-refractivity contribution < 1.29 is 37.0 Å². The average molecular weight is 406 g/mol. The van der Waals surface area contributed by atoms with Crippen molar-refractivity contribution in [1.29, 1.82) is 0 Å². The van der Waals surface area contributed by atoms with Crippen molar-refractivity contribution in [2.45, 2.75) is 57.0 Å². The van der Waals surface area contributed by atoms with E-state index in [0.717, 1.165) is 39.0 Å². The number of hydrogen-bond acceptors (Lipinski definition) is 5. The van der Waals surface area contributed by atoms with E-state index in [1.165, 1.54) is 6.26 Å². The van der Waals surface area contributed by atoms with Gasteiger partial charge in [0.25, 0.3) is 5.91 Å². The molecule has 2 fully saturated rings. The minimum atomic E-state index is -5.08. The van der Waals surface area contributed by atoms with Crippen LogP contribution in [0.2, 0.25) is 0 Å². The molecule has 2 aliphatic heterocycles. The molecule has 2 atom stereocenters. The second kappa shape index (κ2) is 8.95. The summed E-state index contributed by atoms with van der Waals surface area (Å²) >= 11 is 0. The Kier molecular flexibility index (Phi) is 7.11. The van der Waals surface area contributed by atoms with Crippen LogP contribution in [-0.4, -0.2) is 65.4 Å². The van der Waals surface area contributed by atoms with E-state index in [9.17, 15) is 18.0 Å². The quantitative estimate of drug-likeness (QED) is 0.802. The van der Waals surface area contributed by atoms with Gasteiger partial charge in [-0.25, -0.2) is 4.79 Å². The number of nitrogens with one attached hydrogen (secondary N) is 1. The van der Waals surface area contributed by atoms with Crippen LogP contribution in [0, 0.1) is 0 Å². The third-order valence-corrected chi connectivity index (χ3v) is 4.89. The minimum Gasteiger partial charge on any atom is -0.475 e. The third-order valence-electron chi connectivity index (χ3n) is 4.89. The predicted molar refractivity (Wildman–Crippen MR) is 92.9 cm³/mol. The van der Waals surface area contributed by atoms with Crippen LogP contribution in [0.3, 0.4) is 0 Å². The monoisotopic (exact) mass is 406 g/mol. The molecular weight excluding hydrogens is 381 g/mol. The van der Waals surface area contributed by atoms with Gasteiger partial charge in [-0.15, -0.1) is 0 Å². The van der Waals surface area contributed by atoms with E-state index in [-0.39, 0.29) is 17.6 Å². The lowest BCUT2D eigenvalue weighted by molar-refractivity contribution is -0.192. The number of carbonyl (C=O) groups excluding carboxylic acids is 1. The Balaban J connectivity index is 0.000000345. The standard InChI is InChI=1S/C16H24N2O3.C2HF3O2/c1-12(2)18-7-6-16(11-18)10-13(5-9-21-16)17-15(19)14-4-3-8-20-14;3-2(4,5)1(6)7/h3-4,8,12-13H,5-7,9-11H2,1-2H3,(H,17,19);(H,6,7)/t13-,16-;/m1./s1. The first kappa shape index (κ1) is 22.2. The molecule has 158 valence electrons. The number of likely N-dealkylation sites (tertiary alicyclic amines) is 1. The third kappa shape index (κ3) is 5.96. The van der Waals surface area contributed by atoms with E-state index < -0.39 is 12.1 Å². The van der Waals surface area contributed by atoms with Crippen LogP contribution in [0.4, 0.5) is 13.2 Å². The molecule has 1 aromatic rings. The first-order chi connectivity index (χ1) is 13.0. The largest absolute Gasteiger partial charge is 0.490 e. The summed E-state index contributed by atoms with van der Waals surface area (Å²) in [5.41, 5.74) is -0.0797. The van der Waals surface area contributed by atoms with Gasteiger partial charge in [0.15, 0.2) is 5.76 Å². The highest BCUT2D eigenvalue weighted by atomic mass is 19.4. The minimum absolute atomic E-state index is 0.0797. The van der Waals surface area contributed by atoms with Gasteiger partial charge in [-0.2, -0.15) is 13.2 Å². The van der Waals surface area contributed by atoms with Crippen molar-refractivity contribution in [1.82, 2.24) is 10.2 Å². The van der Waals surface area contributed by atoms with E-state index in [0.29, 0.717) is 11.8 Å². The number of alkyl halides is 3. The van der Waals surface area contributed by atoms with Gasteiger partial charge in [0.1, 0.15) is 0 Å². The van der Waals surface area contributed by atoms with E-state index in [1.807, 2.05) is 0 Å². The highest BCUT2D eigenvalue weighted by Crippen LogP contribution is 2.35. The molecule has 2 aliphatic rings. The highest BCUT2D eigenvalue weighted by molar-refractivity contribution is 5.91. The van der Waals surface area contributed by atoms with Crippen molar-refractivity contribution in [3.63, 3.8) is 0 Å². The van der Waals surface area contributed by atoms with Crippen LogP contribution >= 0.6 is 0 Å². The van der Waals surface area contributed by atoms with Crippen molar-refractivity contribution in [2.24, 2.45) is 0 Å². The summed E-state index contributed by atoms with van der Waals surface area (Å²) in [6.07, 6.45) is -0.741. The van der Waals surface area contributed by atoms with E-state index in [4.69, 9.17) is 19.1 Å². The number of carboxylic acid groups (broad SMARTS) is 1. The maximum atomic E-state index is 12.1. The normalized spacial score (nSPS) is 25.4. The molecule has 0 radical (unpaired) electrons. The smallest absolute Gasteiger partial charge is 0.475 e. The van der Waals surface area contributed by atoms with Crippen molar-refractivity contribution in [3.8, 4) is 0 Å². The van der Waals surface area contributed by atoms with Gasteiger partial charge in [-0.1, -0.05) is 0 Å². The molecule has 7 nitrogen and oxygen atoms in total. The van der Waals surface area contributed by atoms with Gasteiger partial charge in [0, 0.05) is 31.8 Å². The molecular formula is C18H25F3N2O5. The van der Waals surface area contributed by atoms with Crippen LogP contribution in [0.15, 0.2) is 22.8 Å². The first-order valence-electron chi connectivity index (χ1n) is 9.05. The second-order valence-electron chi connectivity index (χ2n) is 7.29. The molecule has 10 heteroatoms. The maximum absolute atomic E-state index is 12.1. The summed E-state index contributed by atoms with van der Waals surface area (Å²) in [6.45, 7) is 7.21. The van der Waals surface area contributed by atoms with E-state index in [2.05, 4.69) is 24.1 Å². The lowest BCUT2D eigenvalue weighted by atomic mass is 9.89. The summed E-state index contributed by atoms with van der Waals surface area (Å²) in [6, 6.07) is 4.15. The molecule has 0 aromatic carbocycles. The Hall–Kier alpha value is -2.07. The molecule has 0 bridgehead atoms. The predicted octanol–water partition coefficient (Wildman–Crippen LogP) is 2.67. The molecule has 0 unspecified atom stereocenters. The number of furan rings is 1. The second-order valence-corrected chi connectivity index (χ2v) is 7.29. The SMILES string of the molecule is CC(C)N1CC[C@@]2(C[C@H](NC(=O)c3ccco3)CCO2)C1.O=C(O)C(F)(F)F. The van der Waals surface area contributed by atoms with Gasteiger partial charge < -0.3 is 19.6 Å². The average Bonchev–Trinajstić information content (AvgIpc) is 3.25. The van der Waals surface area contributed by atoms with Crippen molar-refractivity contribution >= 4 is 11.9 Å². The van der Waals surface area contributed by atoms with E-state index in [1.54, 1.807) is 12.1 Å². The summed E-state index contributed by atoms with van der Waals surface area (Å²) in [5.74, 6) is -2.50. The molecule has 0 saturated carbocycles. The van der Waals surface area contributed by atoms with Crippen molar-refractivity contribution in [3.05, 3.63) is 24.2 Å². The summed E-state index contributed by atoms with van der Waals surface area (Å²) in [4.78, 5) is 23.4. The maximum Gasteiger partial charge on any atom is 0.490 e. The first-order valence-corrected chi connectivity index (χ1v) is 9.05. The van der Waals surface area contributed by atoms with Crippen LogP contribution in [-0.2, 0) is 9.53 Å². The van der Waals surface area contributed by atoms with Crippen LogP contribution in [0.1, 0.15) is 43.7 Å². The molecule has 1 amide bonds. The zero-order valence-electron chi connectivity index (χ0n) is 15.8. The molecule has 3 heterocycles. The number of amides is 1. The lowest BCUT2D eigenvalue weighted by Crippen LogP contribution is -2.50. The Morgan fingerprint density at radius 3 is 2.57 bits per heavy atom. The summed E-state index contributed by atoms with van der Waals surface area (Å²) in [7, 11) is 0. The molecule has 3 rings (SSSR count). The van der Waals surface area contributed by atoms with E-state index >= 15 is 0 Å². The summed E-state index contributed by atoms with van der Waals surface area (Å²) < 4.78 is 43.0. The molecule has 1 aromatic heterocycles.